The van der Waals surface area contributed by atoms with Gasteiger partial charge in [0.15, 0.2) is 0 Å². The molecule has 0 heterocycles. The van der Waals surface area contributed by atoms with Gasteiger partial charge in [-0.3, -0.25) is 18.6 Å². The molecule has 0 aliphatic carbocycles. The van der Waals surface area contributed by atoms with E-state index < -0.39 is 20.0 Å². The van der Waals surface area contributed by atoms with Crippen LogP contribution in [0.15, 0.2) is 24.3 Å². The summed E-state index contributed by atoms with van der Waals surface area (Å²) in [5.41, 5.74) is 0. The molecule has 0 aromatic rings. The molecule has 3 unspecified atom stereocenters. The Morgan fingerprint density at radius 2 is 0.734 bits per heavy atom. The Hall–Kier alpha value is -1.51. The van der Waals surface area contributed by atoms with Crippen LogP contribution in [0.2, 0.25) is 0 Å². The number of ether oxygens (including phenoxy) is 1. The number of rotatable bonds is 64. The molecule has 468 valence electrons. The van der Waals surface area contributed by atoms with Crippen molar-refractivity contribution >= 4 is 19.7 Å². The van der Waals surface area contributed by atoms with E-state index in [1.54, 1.807) is 0 Å². The summed E-state index contributed by atoms with van der Waals surface area (Å²) in [5, 5.41) is 3.07. The third kappa shape index (κ3) is 60.9. The van der Waals surface area contributed by atoms with E-state index in [1.165, 1.54) is 263 Å². The zero-order valence-electron chi connectivity index (χ0n) is 53.6. The molecule has 2 N–H and O–H groups in total. The highest BCUT2D eigenvalue weighted by molar-refractivity contribution is 7.47. The van der Waals surface area contributed by atoms with Gasteiger partial charge in [0.05, 0.1) is 33.8 Å². The molecule has 0 saturated carbocycles. The Labute approximate surface area is 492 Å². The number of phosphoric acid groups is 1. The van der Waals surface area contributed by atoms with Gasteiger partial charge in [0, 0.05) is 12.8 Å². The first-order chi connectivity index (χ1) is 38.4. The molecule has 9 nitrogen and oxygen atoms in total. The molecule has 0 aromatic carbocycles. The first kappa shape index (κ1) is 77.5. The summed E-state index contributed by atoms with van der Waals surface area (Å²) >= 11 is 0. The van der Waals surface area contributed by atoms with Crippen molar-refractivity contribution in [2.24, 2.45) is 0 Å². The lowest BCUT2D eigenvalue weighted by atomic mass is 10.0. The maximum atomic E-state index is 13.6. The van der Waals surface area contributed by atoms with Crippen LogP contribution in [0.5, 0.6) is 0 Å². The fourth-order valence-corrected chi connectivity index (χ4v) is 11.3. The quantitative estimate of drug-likeness (QED) is 0.0205. The fourth-order valence-electron chi connectivity index (χ4n) is 10.5. The predicted octanol–water partition coefficient (Wildman–Crippen LogP) is 21.7. The number of nitrogens with one attached hydrogen (secondary N) is 1. The van der Waals surface area contributed by atoms with Crippen molar-refractivity contribution in [2.45, 2.75) is 367 Å². The molecule has 1 amide bonds. The lowest BCUT2D eigenvalue weighted by Gasteiger charge is -2.27. The van der Waals surface area contributed by atoms with E-state index in [4.69, 9.17) is 13.8 Å². The largest absolute Gasteiger partial charge is 0.472 e. The Balaban J connectivity index is 4.99. The van der Waals surface area contributed by atoms with Gasteiger partial charge in [0.1, 0.15) is 19.3 Å². The molecule has 0 aliphatic rings. The Morgan fingerprint density at radius 3 is 1.08 bits per heavy atom. The summed E-state index contributed by atoms with van der Waals surface area (Å²) in [7, 11) is 1.51. The summed E-state index contributed by atoms with van der Waals surface area (Å²) in [6.07, 6.45) is 71.9. The van der Waals surface area contributed by atoms with Crippen LogP contribution in [0.4, 0.5) is 0 Å². The average Bonchev–Trinajstić information content (AvgIpc) is 3.41. The van der Waals surface area contributed by atoms with Gasteiger partial charge in [-0.05, 0) is 57.4 Å². The van der Waals surface area contributed by atoms with Crippen LogP contribution >= 0.6 is 7.82 Å². The van der Waals surface area contributed by atoms with Crippen molar-refractivity contribution in [1.82, 2.24) is 5.32 Å². The molecule has 3 atom stereocenters. The maximum Gasteiger partial charge on any atom is 0.472 e. The molecule has 0 aromatic heterocycles. The minimum Gasteiger partial charge on any atom is -0.456 e. The highest BCUT2D eigenvalue weighted by Gasteiger charge is 2.30. The van der Waals surface area contributed by atoms with Crippen LogP contribution in [0, 0.1) is 0 Å². The third-order valence-electron chi connectivity index (χ3n) is 15.9. The number of nitrogens with zero attached hydrogens (tertiary/aromatic N) is 1. The number of allylic oxidation sites excluding steroid dienone is 3. The fraction of sp³-hybridized carbons (Fsp3) is 0.913. The second-order valence-electron chi connectivity index (χ2n) is 25.1. The first-order valence-corrected chi connectivity index (χ1v) is 36.2. The highest BCUT2D eigenvalue weighted by atomic mass is 31.2. The molecule has 79 heavy (non-hydrogen) atoms. The topological polar surface area (TPSA) is 111 Å². The number of esters is 1. The van der Waals surface area contributed by atoms with Crippen molar-refractivity contribution in [3.8, 4) is 0 Å². The number of hydrogen-bond acceptors (Lipinski definition) is 6. The van der Waals surface area contributed by atoms with E-state index >= 15 is 0 Å². The SMILES string of the molecule is CCCCCCCC/C=C/CCCCCCCCCC(=O)NC(COP(=O)(O)OCC[N+](C)(C)C)C(/C=C\CCCCCCCCCCC)OC(=O)CCCCCCCCCCCCCCCCCCCCCCCCCCC. The van der Waals surface area contributed by atoms with E-state index in [-0.39, 0.29) is 25.1 Å². The second kappa shape index (κ2) is 59.6. The zero-order chi connectivity index (χ0) is 57.9. The van der Waals surface area contributed by atoms with Gasteiger partial charge < -0.3 is 19.4 Å². The maximum absolute atomic E-state index is 13.6. The molecule has 0 aliphatic heterocycles. The average molecular weight is 1140 g/mol. The van der Waals surface area contributed by atoms with Gasteiger partial charge in [0.2, 0.25) is 5.91 Å². The zero-order valence-corrected chi connectivity index (χ0v) is 54.5. The van der Waals surface area contributed by atoms with Crippen LogP contribution in [0.1, 0.15) is 355 Å². The number of phosphoric ester groups is 1. The summed E-state index contributed by atoms with van der Waals surface area (Å²) in [6.45, 7) is 7.06. The number of carbonyl (C=O) groups excluding carboxylic acids is 2. The minimum absolute atomic E-state index is 0.0430. The van der Waals surface area contributed by atoms with Crippen molar-refractivity contribution in [3.63, 3.8) is 0 Å². The van der Waals surface area contributed by atoms with E-state index in [2.05, 4.69) is 38.2 Å². The van der Waals surface area contributed by atoms with Crippen LogP contribution in [-0.4, -0.2) is 74.3 Å². The second-order valence-corrected chi connectivity index (χ2v) is 26.5. The molecule has 0 radical (unpaired) electrons. The van der Waals surface area contributed by atoms with Crippen LogP contribution in [0.3, 0.4) is 0 Å². The lowest BCUT2D eigenvalue weighted by Crippen LogP contribution is -2.47. The molecular weight excluding hydrogens is 1000 g/mol. The Morgan fingerprint density at radius 1 is 0.430 bits per heavy atom. The van der Waals surface area contributed by atoms with Gasteiger partial charge in [0.25, 0.3) is 0 Å². The van der Waals surface area contributed by atoms with Crippen LogP contribution in [-0.2, 0) is 27.9 Å². The molecule has 0 bridgehead atoms. The molecule has 0 fully saturated rings. The van der Waals surface area contributed by atoms with Gasteiger partial charge in [-0.1, -0.05) is 309 Å². The number of likely N-dealkylation sites (N-methyl/N-ethyl adjacent to an activating group) is 1. The molecule has 0 rings (SSSR count). The third-order valence-corrected chi connectivity index (χ3v) is 16.9. The number of amides is 1. The predicted molar refractivity (Wildman–Crippen MR) is 342 cm³/mol. The summed E-state index contributed by atoms with van der Waals surface area (Å²) in [6, 6.07) is -0.845. The van der Waals surface area contributed by atoms with Crippen molar-refractivity contribution in [2.75, 3.05) is 40.9 Å². The van der Waals surface area contributed by atoms with Gasteiger partial charge in [-0.25, -0.2) is 4.57 Å². The molecule has 0 spiro atoms. The van der Waals surface area contributed by atoms with E-state index in [0.29, 0.717) is 23.9 Å². The first-order valence-electron chi connectivity index (χ1n) is 34.7. The van der Waals surface area contributed by atoms with Crippen LogP contribution in [0.25, 0.3) is 0 Å². The molecule has 0 saturated heterocycles. The van der Waals surface area contributed by atoms with Crippen LogP contribution < -0.4 is 5.32 Å². The smallest absolute Gasteiger partial charge is 0.456 e. The summed E-state index contributed by atoms with van der Waals surface area (Å²) in [5.74, 6) is -0.490. The number of carbonyl (C=O) groups is 2. The Kier molecular flexibility index (Phi) is 58.5. The minimum atomic E-state index is -4.45. The summed E-state index contributed by atoms with van der Waals surface area (Å²) in [4.78, 5) is 37.8. The van der Waals surface area contributed by atoms with Gasteiger partial charge in [-0.15, -0.1) is 0 Å². The van der Waals surface area contributed by atoms with Gasteiger partial charge in [-0.2, -0.15) is 0 Å². The number of hydrogen-bond donors (Lipinski definition) is 2. The normalized spacial score (nSPS) is 13.7. The number of unbranched alkanes of at least 4 members (excludes halogenated alkanes) is 46. The highest BCUT2D eigenvalue weighted by Crippen LogP contribution is 2.43. The van der Waals surface area contributed by atoms with Crippen molar-refractivity contribution in [3.05, 3.63) is 24.3 Å². The van der Waals surface area contributed by atoms with E-state index in [9.17, 15) is 19.0 Å². The van der Waals surface area contributed by atoms with Crippen molar-refractivity contribution in [1.29, 1.82) is 0 Å². The Bertz CT molecular complexity index is 1400. The van der Waals surface area contributed by atoms with E-state index in [1.807, 2.05) is 33.3 Å². The molecule has 10 heteroatoms. The summed E-state index contributed by atoms with van der Waals surface area (Å²) < 4.78 is 30.8. The lowest BCUT2D eigenvalue weighted by molar-refractivity contribution is -0.870. The standard InChI is InChI=1S/C69H135N2O7P/c1-7-10-13-16-19-22-25-27-29-31-32-33-34-35-36-37-38-40-42-44-47-50-53-56-59-62-69(73)78-67(60-57-54-51-48-45-24-21-18-15-12-9-3)66(65-77-79(74,75)76-64-63-71(4,5)6)70-68(72)61-58-55-52-49-46-43-41-39-30-28-26-23-20-17-14-11-8-2/h28,30,57,60,66-67H,7-27,29,31-56,58-59,61-65H2,1-6H3,(H-,70,72,74,75)/p+1/b30-28+,60-57-. The molecular formula is C69H136N2O7P+. The number of quaternary nitrogens is 1. The van der Waals surface area contributed by atoms with E-state index in [0.717, 1.165) is 57.8 Å². The van der Waals surface area contributed by atoms with Gasteiger partial charge >= 0.3 is 13.8 Å². The van der Waals surface area contributed by atoms with Crippen molar-refractivity contribution < 1.29 is 37.3 Å². The monoisotopic (exact) mass is 1140 g/mol.